The Labute approximate surface area is 156 Å². The number of thioether (sulfide) groups is 1. The summed E-state index contributed by atoms with van der Waals surface area (Å²) >= 11 is 7.41. The third-order valence-electron chi connectivity index (χ3n) is 4.13. The van der Waals surface area contributed by atoms with Crippen LogP contribution in [-0.2, 0) is 11.0 Å². The lowest BCUT2D eigenvalue weighted by atomic mass is 10.0. The molecule has 0 spiro atoms. The second-order valence-corrected chi connectivity index (χ2v) is 8.60. The predicted octanol–water partition coefficient (Wildman–Crippen LogP) is 5.19. The van der Waals surface area contributed by atoms with Gasteiger partial charge in [0, 0.05) is 10.3 Å². The fourth-order valence-corrected chi connectivity index (χ4v) is 4.37. The van der Waals surface area contributed by atoms with Crippen LogP contribution in [0.15, 0.2) is 34.7 Å². The van der Waals surface area contributed by atoms with Crippen LogP contribution >= 0.6 is 23.4 Å². The largest absolute Gasteiger partial charge is 0.480 e. The summed E-state index contributed by atoms with van der Waals surface area (Å²) in [5.74, 6) is -0.358. The van der Waals surface area contributed by atoms with E-state index in [1.165, 1.54) is 23.9 Å². The van der Waals surface area contributed by atoms with Gasteiger partial charge >= 0.3 is 12.1 Å². The van der Waals surface area contributed by atoms with Crippen LogP contribution < -0.4 is 5.32 Å². The Hall–Kier alpha value is -1.64. The Morgan fingerprint density at radius 2 is 2.00 bits per heavy atom. The zero-order chi connectivity index (χ0) is 19.3. The number of benzene rings is 1. The minimum Gasteiger partial charge on any atom is -0.480 e. The number of carbonyl (C=O) groups is 1. The average molecular weight is 406 g/mol. The lowest BCUT2D eigenvalue weighted by molar-refractivity contribution is -0.140. The molecule has 0 radical (unpaired) electrons. The molecule has 0 amide bonds. The number of hydrogen-bond donors (Lipinski definition) is 2. The molecular weight excluding hydrogens is 391 g/mol. The molecule has 2 N–H and O–H groups in total. The molecule has 140 valence electrons. The summed E-state index contributed by atoms with van der Waals surface area (Å²) in [5, 5.41) is 12.0. The maximum absolute atomic E-state index is 12.9. The van der Waals surface area contributed by atoms with Gasteiger partial charge in [-0.25, -0.2) is 0 Å². The molecule has 1 fully saturated rings. The number of furan rings is 1. The topological polar surface area (TPSA) is 62.5 Å². The van der Waals surface area contributed by atoms with E-state index in [0.717, 1.165) is 12.1 Å². The van der Waals surface area contributed by atoms with Crippen LogP contribution in [0.25, 0.3) is 11.3 Å². The minimum atomic E-state index is -4.49. The first-order chi connectivity index (χ1) is 12.0. The van der Waals surface area contributed by atoms with Crippen LogP contribution in [0.3, 0.4) is 0 Å². The smallest absolute Gasteiger partial charge is 0.416 e. The second-order valence-electron chi connectivity index (χ2n) is 6.43. The van der Waals surface area contributed by atoms with E-state index >= 15 is 0 Å². The molecule has 3 rings (SSSR count). The Bertz CT molecular complexity index is 850. The highest BCUT2D eigenvalue weighted by atomic mass is 35.5. The molecule has 2 unspecified atom stereocenters. The van der Waals surface area contributed by atoms with Gasteiger partial charge in [0.05, 0.1) is 10.6 Å². The molecule has 1 aromatic heterocycles. The third-order valence-corrected chi connectivity index (χ3v) is 5.90. The van der Waals surface area contributed by atoms with Gasteiger partial charge in [0.2, 0.25) is 0 Å². The van der Waals surface area contributed by atoms with E-state index in [-0.39, 0.29) is 16.3 Å². The van der Waals surface area contributed by atoms with E-state index in [1.807, 2.05) is 0 Å². The van der Waals surface area contributed by atoms with Crippen molar-refractivity contribution in [3.05, 3.63) is 46.7 Å². The van der Waals surface area contributed by atoms with Gasteiger partial charge in [0.1, 0.15) is 22.9 Å². The number of nitrogens with one attached hydrogen (secondary N) is 1. The molecule has 2 heterocycles. The summed E-state index contributed by atoms with van der Waals surface area (Å²) in [7, 11) is 0. The molecular formula is C17H15ClF3NO3S. The Morgan fingerprint density at radius 3 is 2.58 bits per heavy atom. The van der Waals surface area contributed by atoms with Crippen LogP contribution in [0.4, 0.5) is 13.2 Å². The predicted molar refractivity (Wildman–Crippen MR) is 93.1 cm³/mol. The lowest BCUT2D eigenvalue weighted by Crippen LogP contribution is -2.43. The quantitative estimate of drug-likeness (QED) is 0.736. The normalized spacial score (nSPS) is 22.5. The van der Waals surface area contributed by atoms with Crippen LogP contribution in [-0.4, -0.2) is 21.9 Å². The summed E-state index contributed by atoms with van der Waals surface area (Å²) < 4.78 is 43.9. The third kappa shape index (κ3) is 3.58. The van der Waals surface area contributed by atoms with E-state index in [2.05, 4.69) is 5.32 Å². The van der Waals surface area contributed by atoms with Gasteiger partial charge in [-0.05, 0) is 44.2 Å². The summed E-state index contributed by atoms with van der Waals surface area (Å²) in [5.41, 5.74) is -0.694. The van der Waals surface area contributed by atoms with E-state index < -0.39 is 33.9 Å². The van der Waals surface area contributed by atoms with Gasteiger partial charge in [0.25, 0.3) is 0 Å². The van der Waals surface area contributed by atoms with Crippen molar-refractivity contribution >= 4 is 29.3 Å². The standard InChI is InChI=1S/C17H15ClF3NO3S/c1-16(2)13(15(23)24)22-14(26-16)12-6-5-11(25-12)9-7-8(17(19,20)21)3-4-10(9)18/h3-7,13-14,22H,1-2H3,(H,23,24). The van der Waals surface area contributed by atoms with E-state index in [1.54, 1.807) is 19.9 Å². The average Bonchev–Trinajstić information content (AvgIpc) is 3.10. The van der Waals surface area contributed by atoms with Crippen molar-refractivity contribution in [1.29, 1.82) is 0 Å². The lowest BCUT2D eigenvalue weighted by Gasteiger charge is -2.20. The number of rotatable bonds is 3. The van der Waals surface area contributed by atoms with Crippen molar-refractivity contribution < 1.29 is 27.5 Å². The van der Waals surface area contributed by atoms with Crippen LogP contribution in [0.2, 0.25) is 5.02 Å². The van der Waals surface area contributed by atoms with Crippen LogP contribution in [0.1, 0.15) is 30.5 Å². The summed E-state index contributed by atoms with van der Waals surface area (Å²) in [6.07, 6.45) is -4.49. The van der Waals surface area contributed by atoms with Gasteiger partial charge in [-0.3, -0.25) is 10.1 Å². The maximum Gasteiger partial charge on any atom is 0.416 e. The maximum atomic E-state index is 12.9. The summed E-state index contributed by atoms with van der Waals surface area (Å²) in [4.78, 5) is 11.4. The minimum absolute atomic E-state index is 0.129. The molecule has 1 aliphatic rings. The molecule has 1 aromatic carbocycles. The molecule has 0 saturated carbocycles. The molecule has 4 nitrogen and oxygen atoms in total. The van der Waals surface area contributed by atoms with Gasteiger partial charge in [-0.2, -0.15) is 13.2 Å². The molecule has 2 aromatic rings. The van der Waals surface area contributed by atoms with Crippen molar-refractivity contribution in [2.24, 2.45) is 0 Å². The summed E-state index contributed by atoms with van der Waals surface area (Å²) in [6, 6.07) is 5.38. The molecule has 1 saturated heterocycles. The fourth-order valence-electron chi connectivity index (χ4n) is 2.80. The Kier molecular flexibility index (Phi) is 4.79. The zero-order valence-electron chi connectivity index (χ0n) is 13.7. The number of halogens is 4. The van der Waals surface area contributed by atoms with Crippen molar-refractivity contribution in [3.63, 3.8) is 0 Å². The van der Waals surface area contributed by atoms with Crippen LogP contribution in [0, 0.1) is 0 Å². The number of hydrogen-bond acceptors (Lipinski definition) is 4. The van der Waals surface area contributed by atoms with Gasteiger partial charge in [-0.15, -0.1) is 11.8 Å². The molecule has 0 aliphatic carbocycles. The first kappa shape index (κ1) is 19.1. The Balaban J connectivity index is 1.91. The van der Waals surface area contributed by atoms with E-state index in [9.17, 15) is 23.1 Å². The van der Waals surface area contributed by atoms with Crippen molar-refractivity contribution in [3.8, 4) is 11.3 Å². The van der Waals surface area contributed by atoms with Crippen molar-refractivity contribution in [1.82, 2.24) is 5.32 Å². The monoisotopic (exact) mass is 405 g/mol. The first-order valence-electron chi connectivity index (χ1n) is 7.62. The van der Waals surface area contributed by atoms with Gasteiger partial charge < -0.3 is 9.52 Å². The molecule has 9 heteroatoms. The van der Waals surface area contributed by atoms with Crippen molar-refractivity contribution in [2.75, 3.05) is 0 Å². The summed E-state index contributed by atoms with van der Waals surface area (Å²) in [6.45, 7) is 3.61. The van der Waals surface area contributed by atoms with Crippen molar-refractivity contribution in [2.45, 2.75) is 36.2 Å². The van der Waals surface area contributed by atoms with Gasteiger partial charge in [0.15, 0.2) is 0 Å². The highest BCUT2D eigenvalue weighted by Gasteiger charge is 2.46. The SMILES string of the molecule is CC1(C)SC(c2ccc(-c3cc(C(F)(F)F)ccc3Cl)o2)NC1C(=O)O. The van der Waals surface area contributed by atoms with E-state index in [4.69, 9.17) is 16.0 Å². The second kappa shape index (κ2) is 6.51. The highest BCUT2D eigenvalue weighted by molar-refractivity contribution is 8.01. The molecule has 26 heavy (non-hydrogen) atoms. The molecule has 1 aliphatic heterocycles. The number of carboxylic acids is 1. The zero-order valence-corrected chi connectivity index (χ0v) is 15.3. The first-order valence-corrected chi connectivity index (χ1v) is 8.88. The molecule has 0 bridgehead atoms. The fraction of sp³-hybridized carbons (Fsp3) is 0.353. The number of alkyl halides is 3. The molecule has 2 atom stereocenters. The van der Waals surface area contributed by atoms with Crippen LogP contribution in [0.5, 0.6) is 0 Å². The highest BCUT2D eigenvalue weighted by Crippen LogP contribution is 2.47. The Morgan fingerprint density at radius 1 is 1.31 bits per heavy atom. The van der Waals surface area contributed by atoms with E-state index in [0.29, 0.717) is 5.76 Å². The van der Waals surface area contributed by atoms with Gasteiger partial charge in [-0.1, -0.05) is 11.6 Å². The number of carboxylic acid groups (broad SMARTS) is 1. The number of aliphatic carboxylic acids is 1.